The highest BCUT2D eigenvalue weighted by atomic mass is 14.8. The Kier molecular flexibility index (Phi) is 3.10. The molecule has 0 saturated heterocycles. The Morgan fingerprint density at radius 2 is 1.69 bits per heavy atom. The van der Waals surface area contributed by atoms with Crippen molar-refractivity contribution in [2.24, 2.45) is 0 Å². The largest absolute Gasteiger partial charge is 0.255 e. The molecule has 0 aliphatic carbocycles. The standard InChI is InChI=1S/C14H14N2/c1-3-4-12-6-8-16-14(10-12)13-9-11(2)5-7-15-13/h3-10H,1-2H3. The molecule has 0 unspecified atom stereocenters. The van der Waals surface area contributed by atoms with Crippen LogP contribution in [0.2, 0.25) is 0 Å². The number of hydrogen-bond donors (Lipinski definition) is 0. The Bertz CT molecular complexity index is 516. The minimum atomic E-state index is 0.916. The number of aryl methyl sites for hydroxylation is 1. The molecule has 2 rings (SSSR count). The predicted molar refractivity (Wildman–Crippen MR) is 66.9 cm³/mol. The fourth-order valence-corrected chi connectivity index (χ4v) is 1.56. The average molecular weight is 210 g/mol. The molecule has 2 heterocycles. The van der Waals surface area contributed by atoms with Gasteiger partial charge in [-0.25, -0.2) is 0 Å². The van der Waals surface area contributed by atoms with Gasteiger partial charge in [-0.3, -0.25) is 9.97 Å². The molecule has 2 heteroatoms. The average Bonchev–Trinajstić information content (AvgIpc) is 2.30. The monoisotopic (exact) mass is 210 g/mol. The summed E-state index contributed by atoms with van der Waals surface area (Å²) in [5.41, 5.74) is 4.18. The fourth-order valence-electron chi connectivity index (χ4n) is 1.56. The third-order valence-corrected chi connectivity index (χ3v) is 2.32. The van der Waals surface area contributed by atoms with Gasteiger partial charge in [0, 0.05) is 12.4 Å². The molecule has 0 N–H and O–H groups in total. The van der Waals surface area contributed by atoms with Gasteiger partial charge in [-0.1, -0.05) is 12.2 Å². The lowest BCUT2D eigenvalue weighted by molar-refractivity contribution is 1.23. The van der Waals surface area contributed by atoms with Gasteiger partial charge in [0.15, 0.2) is 0 Å². The second kappa shape index (κ2) is 4.71. The van der Waals surface area contributed by atoms with Crippen molar-refractivity contribution in [2.75, 3.05) is 0 Å². The van der Waals surface area contributed by atoms with Crippen LogP contribution >= 0.6 is 0 Å². The first-order chi connectivity index (χ1) is 7.79. The molecule has 0 aromatic carbocycles. The summed E-state index contributed by atoms with van der Waals surface area (Å²) in [7, 11) is 0. The summed E-state index contributed by atoms with van der Waals surface area (Å²) in [5, 5.41) is 0. The summed E-state index contributed by atoms with van der Waals surface area (Å²) >= 11 is 0. The fraction of sp³-hybridized carbons (Fsp3) is 0.143. The van der Waals surface area contributed by atoms with Crippen molar-refractivity contribution in [3.63, 3.8) is 0 Å². The molecule has 2 nitrogen and oxygen atoms in total. The Labute approximate surface area is 95.7 Å². The van der Waals surface area contributed by atoms with Gasteiger partial charge in [0.2, 0.25) is 0 Å². The molecule has 0 aliphatic rings. The third kappa shape index (κ3) is 2.34. The molecule has 0 spiro atoms. The van der Waals surface area contributed by atoms with E-state index < -0.39 is 0 Å². The third-order valence-electron chi connectivity index (χ3n) is 2.32. The van der Waals surface area contributed by atoms with Crippen molar-refractivity contribution in [3.05, 3.63) is 53.9 Å². The van der Waals surface area contributed by atoms with Gasteiger partial charge in [-0.05, 0) is 49.2 Å². The van der Waals surface area contributed by atoms with E-state index in [2.05, 4.69) is 23.0 Å². The maximum Gasteiger partial charge on any atom is 0.0892 e. The molecule has 0 radical (unpaired) electrons. The molecule has 0 saturated carbocycles. The maximum atomic E-state index is 4.34. The summed E-state index contributed by atoms with van der Waals surface area (Å²) in [6.07, 6.45) is 7.70. The summed E-state index contributed by atoms with van der Waals surface area (Å²) in [6.45, 7) is 4.06. The Morgan fingerprint density at radius 3 is 2.38 bits per heavy atom. The summed E-state index contributed by atoms with van der Waals surface area (Å²) in [5.74, 6) is 0. The van der Waals surface area contributed by atoms with Crippen LogP contribution in [-0.4, -0.2) is 9.97 Å². The first-order valence-electron chi connectivity index (χ1n) is 5.31. The molecule has 80 valence electrons. The molecule has 2 aromatic heterocycles. The van der Waals surface area contributed by atoms with Gasteiger partial charge in [0.05, 0.1) is 11.4 Å². The van der Waals surface area contributed by atoms with Crippen molar-refractivity contribution in [1.82, 2.24) is 9.97 Å². The zero-order chi connectivity index (χ0) is 11.4. The molecule has 0 fully saturated rings. The van der Waals surface area contributed by atoms with Gasteiger partial charge < -0.3 is 0 Å². The normalized spacial score (nSPS) is 10.9. The molecule has 0 aliphatic heterocycles. The highest BCUT2D eigenvalue weighted by Crippen LogP contribution is 2.16. The second-order valence-electron chi connectivity index (χ2n) is 3.69. The van der Waals surface area contributed by atoms with E-state index >= 15 is 0 Å². The smallest absolute Gasteiger partial charge is 0.0892 e. The molecular weight excluding hydrogens is 196 g/mol. The molecule has 0 amide bonds. The number of pyridine rings is 2. The molecule has 16 heavy (non-hydrogen) atoms. The summed E-state index contributed by atoms with van der Waals surface area (Å²) in [6, 6.07) is 8.06. The van der Waals surface area contributed by atoms with Crippen LogP contribution in [0.1, 0.15) is 18.1 Å². The minimum absolute atomic E-state index is 0.916. The lowest BCUT2D eigenvalue weighted by Gasteiger charge is -2.02. The lowest BCUT2D eigenvalue weighted by atomic mass is 10.1. The SMILES string of the molecule is CC=Cc1ccnc(-c2cc(C)ccn2)c1. The number of nitrogens with zero attached hydrogens (tertiary/aromatic N) is 2. The zero-order valence-corrected chi connectivity index (χ0v) is 9.51. The minimum Gasteiger partial charge on any atom is -0.255 e. The number of aromatic nitrogens is 2. The van der Waals surface area contributed by atoms with E-state index in [1.165, 1.54) is 5.56 Å². The van der Waals surface area contributed by atoms with Crippen LogP contribution in [0.15, 0.2) is 42.7 Å². The van der Waals surface area contributed by atoms with E-state index in [-0.39, 0.29) is 0 Å². The van der Waals surface area contributed by atoms with E-state index in [1.54, 1.807) is 0 Å². The maximum absolute atomic E-state index is 4.34. The van der Waals surface area contributed by atoms with E-state index in [0.717, 1.165) is 17.0 Å². The Hall–Kier alpha value is -1.96. The molecule has 0 bridgehead atoms. The van der Waals surface area contributed by atoms with E-state index in [1.807, 2.05) is 49.7 Å². The first kappa shape index (κ1) is 10.6. The Balaban J connectivity index is 2.44. The topological polar surface area (TPSA) is 25.8 Å². The van der Waals surface area contributed by atoms with Crippen molar-refractivity contribution < 1.29 is 0 Å². The summed E-state index contributed by atoms with van der Waals surface area (Å²) in [4.78, 5) is 8.66. The number of rotatable bonds is 2. The molecule has 2 aromatic rings. The lowest BCUT2D eigenvalue weighted by Crippen LogP contribution is -1.88. The van der Waals surface area contributed by atoms with Crippen molar-refractivity contribution in [1.29, 1.82) is 0 Å². The van der Waals surface area contributed by atoms with E-state index in [0.29, 0.717) is 0 Å². The highest BCUT2D eigenvalue weighted by molar-refractivity contribution is 5.60. The number of hydrogen-bond acceptors (Lipinski definition) is 2. The van der Waals surface area contributed by atoms with Crippen LogP contribution < -0.4 is 0 Å². The van der Waals surface area contributed by atoms with Gasteiger partial charge >= 0.3 is 0 Å². The van der Waals surface area contributed by atoms with Gasteiger partial charge in [-0.15, -0.1) is 0 Å². The van der Waals surface area contributed by atoms with Crippen LogP contribution in [0, 0.1) is 6.92 Å². The van der Waals surface area contributed by atoms with Gasteiger partial charge in [-0.2, -0.15) is 0 Å². The molecular formula is C14H14N2. The van der Waals surface area contributed by atoms with Crippen LogP contribution in [0.3, 0.4) is 0 Å². The summed E-state index contributed by atoms with van der Waals surface area (Å²) < 4.78 is 0. The quantitative estimate of drug-likeness (QED) is 0.758. The second-order valence-corrected chi connectivity index (χ2v) is 3.69. The van der Waals surface area contributed by atoms with E-state index in [9.17, 15) is 0 Å². The molecule has 0 atom stereocenters. The van der Waals surface area contributed by atoms with Crippen molar-refractivity contribution >= 4 is 6.08 Å². The van der Waals surface area contributed by atoms with Crippen LogP contribution in [0.25, 0.3) is 17.5 Å². The highest BCUT2D eigenvalue weighted by Gasteiger charge is 2.00. The van der Waals surface area contributed by atoms with Crippen molar-refractivity contribution in [3.8, 4) is 11.4 Å². The first-order valence-corrected chi connectivity index (χ1v) is 5.31. The zero-order valence-electron chi connectivity index (χ0n) is 9.51. The number of allylic oxidation sites excluding steroid dienone is 1. The van der Waals surface area contributed by atoms with Gasteiger partial charge in [0.1, 0.15) is 0 Å². The predicted octanol–water partition coefficient (Wildman–Crippen LogP) is 3.49. The van der Waals surface area contributed by atoms with Crippen molar-refractivity contribution in [2.45, 2.75) is 13.8 Å². The van der Waals surface area contributed by atoms with E-state index in [4.69, 9.17) is 0 Å². The Morgan fingerprint density at radius 1 is 1.00 bits per heavy atom. The van der Waals surface area contributed by atoms with Crippen LogP contribution in [-0.2, 0) is 0 Å². The van der Waals surface area contributed by atoms with Gasteiger partial charge in [0.25, 0.3) is 0 Å². The van der Waals surface area contributed by atoms with Crippen LogP contribution in [0.5, 0.6) is 0 Å². The van der Waals surface area contributed by atoms with Crippen LogP contribution in [0.4, 0.5) is 0 Å².